The van der Waals surface area contributed by atoms with Crippen LogP contribution in [0.1, 0.15) is 25.2 Å². The maximum Gasteiger partial charge on any atom is 0.234 e. The minimum atomic E-state index is -0.0990. The van der Waals surface area contributed by atoms with Gasteiger partial charge in [0.2, 0.25) is 5.91 Å². The summed E-state index contributed by atoms with van der Waals surface area (Å²) in [5.41, 5.74) is 1.76. The second-order valence-corrected chi connectivity index (χ2v) is 9.44. The number of amides is 1. The zero-order chi connectivity index (χ0) is 22.9. The van der Waals surface area contributed by atoms with Crippen LogP contribution in [0.4, 0.5) is 5.69 Å². The summed E-state index contributed by atoms with van der Waals surface area (Å²) in [5, 5.41) is 13.5. The average molecular weight is 512 g/mol. The molecule has 170 valence electrons. The Hall–Kier alpha value is -1.87. The van der Waals surface area contributed by atoms with Crippen LogP contribution in [0.5, 0.6) is 5.75 Å². The molecule has 1 amide bonds. The number of benzene rings is 2. The zero-order valence-electron chi connectivity index (χ0n) is 17.8. The second-order valence-electron chi connectivity index (χ2n) is 6.67. The van der Waals surface area contributed by atoms with Gasteiger partial charge in [-0.05, 0) is 55.8 Å². The van der Waals surface area contributed by atoms with Crippen LogP contribution in [-0.4, -0.2) is 33.0 Å². The highest BCUT2D eigenvalue weighted by molar-refractivity contribution is 7.99. The van der Waals surface area contributed by atoms with Crippen molar-refractivity contribution in [1.29, 1.82) is 0 Å². The predicted octanol–water partition coefficient (Wildman–Crippen LogP) is 6.17. The Balaban J connectivity index is 1.51. The lowest BCUT2D eigenvalue weighted by Gasteiger charge is -2.09. The van der Waals surface area contributed by atoms with Gasteiger partial charge in [-0.25, -0.2) is 0 Å². The van der Waals surface area contributed by atoms with E-state index in [1.54, 1.807) is 17.8 Å². The Morgan fingerprint density at radius 3 is 2.56 bits per heavy atom. The van der Waals surface area contributed by atoms with Gasteiger partial charge in [0.25, 0.3) is 0 Å². The van der Waals surface area contributed by atoms with Crippen LogP contribution in [0.2, 0.25) is 10.0 Å². The molecule has 0 bridgehead atoms. The first-order chi connectivity index (χ1) is 15.5. The molecular formula is C22H24Cl2N4O2S2. The number of aromatic nitrogens is 3. The number of carbonyl (C=O) groups excluding carboxylic acids is 1. The number of anilines is 1. The Kier molecular flexibility index (Phi) is 9.59. The van der Waals surface area contributed by atoms with Crippen LogP contribution in [0.25, 0.3) is 0 Å². The van der Waals surface area contributed by atoms with E-state index in [0.29, 0.717) is 22.4 Å². The van der Waals surface area contributed by atoms with Gasteiger partial charge < -0.3 is 14.6 Å². The van der Waals surface area contributed by atoms with E-state index in [9.17, 15) is 4.79 Å². The molecule has 3 rings (SSSR count). The number of halogens is 2. The molecule has 6 nitrogen and oxygen atoms in total. The van der Waals surface area contributed by atoms with E-state index < -0.39 is 0 Å². The molecule has 1 N–H and O–H groups in total. The summed E-state index contributed by atoms with van der Waals surface area (Å²) in [6.07, 6.45) is 0. The minimum absolute atomic E-state index is 0.0990. The molecule has 0 spiro atoms. The molecule has 0 fully saturated rings. The van der Waals surface area contributed by atoms with Gasteiger partial charge in [0, 0.05) is 28.0 Å². The maximum atomic E-state index is 12.3. The molecule has 1 aromatic heterocycles. The van der Waals surface area contributed by atoms with Gasteiger partial charge >= 0.3 is 0 Å². The van der Waals surface area contributed by atoms with Gasteiger partial charge in [-0.2, -0.15) is 0 Å². The van der Waals surface area contributed by atoms with Crippen molar-refractivity contribution in [3.63, 3.8) is 0 Å². The van der Waals surface area contributed by atoms with Gasteiger partial charge in [-0.15, -0.1) is 22.0 Å². The third kappa shape index (κ3) is 7.07. The van der Waals surface area contributed by atoms with Crippen LogP contribution >= 0.6 is 46.7 Å². The van der Waals surface area contributed by atoms with Gasteiger partial charge in [-0.1, -0.05) is 41.0 Å². The highest BCUT2D eigenvalue weighted by atomic mass is 35.5. The van der Waals surface area contributed by atoms with E-state index in [0.717, 1.165) is 40.3 Å². The SMILES string of the molecule is CCOc1ccc(NC(=O)CSc2nnc(CSCc3ccc(Cl)cc3Cl)n2CC)cc1. The molecule has 2 aromatic carbocycles. The first kappa shape index (κ1) is 24.8. The Bertz CT molecular complexity index is 1040. The Morgan fingerprint density at radius 2 is 1.88 bits per heavy atom. The Morgan fingerprint density at radius 1 is 1.09 bits per heavy atom. The number of rotatable bonds is 11. The Labute approximate surface area is 206 Å². The number of thioether (sulfide) groups is 2. The fraction of sp³-hybridized carbons (Fsp3) is 0.318. The first-order valence-electron chi connectivity index (χ1n) is 10.1. The standard InChI is InChI=1S/C22H24Cl2N4O2S2/c1-3-28-20(13-31-12-15-5-6-16(23)11-19(15)24)26-27-22(28)32-14-21(29)25-17-7-9-18(10-8-17)30-4-2/h5-11H,3-4,12-14H2,1-2H3,(H,25,29). The molecule has 3 aromatic rings. The van der Waals surface area contributed by atoms with Crippen LogP contribution in [0.3, 0.4) is 0 Å². The molecule has 0 saturated heterocycles. The number of carbonyl (C=O) groups is 1. The molecular weight excluding hydrogens is 487 g/mol. The third-order valence-corrected chi connectivity index (χ3v) is 6.93. The van der Waals surface area contributed by atoms with Gasteiger partial charge in [0.05, 0.1) is 18.1 Å². The number of ether oxygens (including phenoxy) is 1. The maximum absolute atomic E-state index is 12.3. The second kappa shape index (κ2) is 12.4. The summed E-state index contributed by atoms with van der Waals surface area (Å²) in [4.78, 5) is 12.3. The topological polar surface area (TPSA) is 69.0 Å². The highest BCUT2D eigenvalue weighted by Gasteiger charge is 2.14. The van der Waals surface area contributed by atoms with Crippen molar-refractivity contribution >= 4 is 58.3 Å². The third-order valence-electron chi connectivity index (χ3n) is 4.39. The summed E-state index contributed by atoms with van der Waals surface area (Å²) in [6.45, 7) is 5.31. The van der Waals surface area contributed by atoms with Crippen molar-refractivity contribution in [2.24, 2.45) is 0 Å². The lowest BCUT2D eigenvalue weighted by atomic mass is 10.2. The van der Waals surface area contributed by atoms with Crippen molar-refractivity contribution < 1.29 is 9.53 Å². The molecule has 0 atom stereocenters. The van der Waals surface area contributed by atoms with Crippen molar-refractivity contribution in [2.75, 3.05) is 17.7 Å². The van der Waals surface area contributed by atoms with Crippen molar-refractivity contribution in [1.82, 2.24) is 14.8 Å². The van der Waals surface area contributed by atoms with Crippen molar-refractivity contribution in [2.45, 2.75) is 37.1 Å². The van der Waals surface area contributed by atoms with Crippen LogP contribution in [0, 0.1) is 0 Å². The first-order valence-corrected chi connectivity index (χ1v) is 13.0. The fourth-order valence-corrected chi connectivity index (χ4v) is 5.22. The zero-order valence-corrected chi connectivity index (χ0v) is 21.0. The van der Waals surface area contributed by atoms with E-state index in [1.807, 2.05) is 54.8 Å². The molecule has 10 heteroatoms. The smallest absolute Gasteiger partial charge is 0.234 e. The minimum Gasteiger partial charge on any atom is -0.494 e. The molecule has 32 heavy (non-hydrogen) atoms. The summed E-state index contributed by atoms with van der Waals surface area (Å²) < 4.78 is 7.45. The lowest BCUT2D eigenvalue weighted by molar-refractivity contribution is -0.113. The van der Waals surface area contributed by atoms with Crippen molar-refractivity contribution in [3.05, 3.63) is 63.9 Å². The van der Waals surface area contributed by atoms with E-state index in [-0.39, 0.29) is 11.7 Å². The average Bonchev–Trinajstić information content (AvgIpc) is 3.17. The van der Waals surface area contributed by atoms with E-state index >= 15 is 0 Å². The number of nitrogens with zero attached hydrogens (tertiary/aromatic N) is 3. The monoisotopic (exact) mass is 510 g/mol. The van der Waals surface area contributed by atoms with E-state index in [4.69, 9.17) is 27.9 Å². The molecule has 0 aliphatic rings. The summed E-state index contributed by atoms with van der Waals surface area (Å²) >= 11 is 15.3. The van der Waals surface area contributed by atoms with Gasteiger partial charge in [0.1, 0.15) is 11.6 Å². The number of nitrogens with one attached hydrogen (secondary N) is 1. The van der Waals surface area contributed by atoms with Gasteiger partial charge in [0.15, 0.2) is 5.16 Å². The molecule has 0 unspecified atom stereocenters. The molecule has 1 heterocycles. The summed E-state index contributed by atoms with van der Waals surface area (Å²) in [5.74, 6) is 3.24. The van der Waals surface area contributed by atoms with Gasteiger partial charge in [-0.3, -0.25) is 4.79 Å². The quantitative estimate of drug-likeness (QED) is 0.311. The molecule has 0 aliphatic heterocycles. The molecule has 0 saturated carbocycles. The molecule has 0 radical (unpaired) electrons. The van der Waals surface area contributed by atoms with Crippen LogP contribution in [0.15, 0.2) is 47.6 Å². The van der Waals surface area contributed by atoms with Crippen molar-refractivity contribution in [3.8, 4) is 5.75 Å². The lowest BCUT2D eigenvalue weighted by Crippen LogP contribution is -2.14. The summed E-state index contributed by atoms with van der Waals surface area (Å²) in [7, 11) is 0. The predicted molar refractivity (Wildman–Crippen MR) is 134 cm³/mol. The normalized spacial score (nSPS) is 10.9. The number of hydrogen-bond acceptors (Lipinski definition) is 6. The number of hydrogen-bond donors (Lipinski definition) is 1. The van der Waals surface area contributed by atoms with Crippen LogP contribution in [-0.2, 0) is 22.8 Å². The fourth-order valence-electron chi connectivity index (χ4n) is 2.87. The summed E-state index contributed by atoms with van der Waals surface area (Å²) in [6, 6.07) is 12.8. The highest BCUT2D eigenvalue weighted by Crippen LogP contribution is 2.27. The van der Waals surface area contributed by atoms with E-state index in [1.165, 1.54) is 11.8 Å². The largest absolute Gasteiger partial charge is 0.494 e. The molecule has 0 aliphatic carbocycles. The van der Waals surface area contributed by atoms with Crippen LogP contribution < -0.4 is 10.1 Å². The van der Waals surface area contributed by atoms with E-state index in [2.05, 4.69) is 15.5 Å².